The lowest BCUT2D eigenvalue weighted by atomic mass is 10.1. The fourth-order valence-electron chi connectivity index (χ4n) is 2.06. The number of fused-ring (bicyclic) bond motifs is 2. The first-order valence-corrected chi connectivity index (χ1v) is 7.16. The van der Waals surface area contributed by atoms with Crippen LogP contribution in [0.2, 0.25) is 5.02 Å². The lowest BCUT2D eigenvalue weighted by Gasteiger charge is -2.30. The number of para-hydroxylation sites is 2. The summed E-state index contributed by atoms with van der Waals surface area (Å²) in [7, 11) is 0. The molecule has 0 aromatic heterocycles. The highest BCUT2D eigenvalue weighted by molar-refractivity contribution is 9.09. The smallest absolute Gasteiger partial charge is 0.242 e. The van der Waals surface area contributed by atoms with Gasteiger partial charge in [0.1, 0.15) is 0 Å². The van der Waals surface area contributed by atoms with Gasteiger partial charge in [0.15, 0.2) is 11.5 Å². The molecule has 0 aliphatic carbocycles. The average molecular weight is 339 g/mol. The zero-order valence-electron chi connectivity index (χ0n) is 9.77. The summed E-state index contributed by atoms with van der Waals surface area (Å²) in [4.78, 5) is 13.8. The summed E-state index contributed by atoms with van der Waals surface area (Å²) in [6.45, 7) is 0. The Balaban J connectivity index is 2.22. The highest BCUT2D eigenvalue weighted by Gasteiger charge is 2.28. The summed E-state index contributed by atoms with van der Waals surface area (Å²) in [5, 5.41) is 0.793. The summed E-state index contributed by atoms with van der Waals surface area (Å²) in [6, 6.07) is 12.7. The van der Waals surface area contributed by atoms with Gasteiger partial charge in [-0.2, -0.15) is 0 Å². The standard InChI is InChI=1S/C14H9BrClNO2/c15-8-14(18)17-10-3-1-2-4-12(10)19-13-6-5-9(16)7-11(13)17/h1-7H,8H2. The van der Waals surface area contributed by atoms with E-state index >= 15 is 0 Å². The van der Waals surface area contributed by atoms with Crippen LogP contribution in [0.5, 0.6) is 11.5 Å². The van der Waals surface area contributed by atoms with Gasteiger partial charge in [0.2, 0.25) is 5.91 Å². The van der Waals surface area contributed by atoms with Crippen molar-refractivity contribution in [1.82, 2.24) is 0 Å². The number of anilines is 2. The van der Waals surface area contributed by atoms with Gasteiger partial charge in [-0.3, -0.25) is 9.69 Å². The monoisotopic (exact) mass is 337 g/mol. The molecule has 3 rings (SSSR count). The highest BCUT2D eigenvalue weighted by Crippen LogP contribution is 2.47. The maximum Gasteiger partial charge on any atom is 0.242 e. The van der Waals surface area contributed by atoms with Crippen LogP contribution in [0, 0.1) is 0 Å². The van der Waals surface area contributed by atoms with Crippen molar-refractivity contribution in [2.75, 3.05) is 10.2 Å². The third-order valence-corrected chi connectivity index (χ3v) is 3.57. The molecule has 0 bridgehead atoms. The fraction of sp³-hybridized carbons (Fsp3) is 0.0714. The molecule has 0 N–H and O–H groups in total. The molecule has 0 fully saturated rings. The van der Waals surface area contributed by atoms with Gasteiger partial charge in [-0.25, -0.2) is 0 Å². The molecule has 2 aromatic rings. The number of rotatable bonds is 1. The van der Waals surface area contributed by atoms with Crippen LogP contribution in [0.1, 0.15) is 0 Å². The zero-order chi connectivity index (χ0) is 13.4. The largest absolute Gasteiger partial charge is 0.453 e. The van der Waals surface area contributed by atoms with Crippen molar-refractivity contribution in [3.05, 3.63) is 47.5 Å². The number of halogens is 2. The molecule has 0 unspecified atom stereocenters. The Kier molecular flexibility index (Phi) is 3.21. The zero-order valence-corrected chi connectivity index (χ0v) is 12.1. The number of carbonyl (C=O) groups is 1. The summed E-state index contributed by atoms with van der Waals surface area (Å²) < 4.78 is 5.79. The van der Waals surface area contributed by atoms with Crippen molar-refractivity contribution in [3.63, 3.8) is 0 Å². The summed E-state index contributed by atoms with van der Waals surface area (Å²) in [5.74, 6) is 1.21. The molecule has 1 amide bonds. The van der Waals surface area contributed by atoms with Gasteiger partial charge in [0.05, 0.1) is 16.7 Å². The second-order valence-electron chi connectivity index (χ2n) is 4.04. The number of hydrogen-bond acceptors (Lipinski definition) is 2. The molecule has 1 heterocycles. The van der Waals surface area contributed by atoms with Crippen LogP contribution in [-0.2, 0) is 4.79 Å². The molecule has 2 aromatic carbocycles. The predicted molar refractivity (Wildman–Crippen MR) is 78.9 cm³/mol. The molecule has 3 nitrogen and oxygen atoms in total. The fourth-order valence-corrected chi connectivity index (χ4v) is 2.47. The van der Waals surface area contributed by atoms with Gasteiger partial charge in [0, 0.05) is 5.02 Å². The van der Waals surface area contributed by atoms with Crippen molar-refractivity contribution in [3.8, 4) is 11.5 Å². The molecule has 19 heavy (non-hydrogen) atoms. The van der Waals surface area contributed by atoms with Crippen molar-refractivity contribution in [1.29, 1.82) is 0 Å². The van der Waals surface area contributed by atoms with Crippen LogP contribution in [0.4, 0.5) is 11.4 Å². The third kappa shape index (κ3) is 2.11. The first-order chi connectivity index (χ1) is 9.20. The topological polar surface area (TPSA) is 29.5 Å². The first kappa shape index (κ1) is 12.5. The number of nitrogens with zero attached hydrogens (tertiary/aromatic N) is 1. The summed E-state index contributed by atoms with van der Waals surface area (Å²) in [5.41, 5.74) is 1.39. The normalized spacial score (nSPS) is 12.4. The van der Waals surface area contributed by atoms with E-state index in [4.69, 9.17) is 16.3 Å². The Hall–Kier alpha value is -1.52. The second kappa shape index (κ2) is 4.87. The Morgan fingerprint density at radius 3 is 2.68 bits per heavy atom. The Morgan fingerprint density at radius 1 is 1.16 bits per heavy atom. The number of carbonyl (C=O) groups excluding carboxylic acids is 1. The van der Waals surface area contributed by atoms with Crippen molar-refractivity contribution >= 4 is 44.8 Å². The number of benzene rings is 2. The lowest BCUT2D eigenvalue weighted by molar-refractivity contribution is -0.115. The Bertz CT molecular complexity index is 660. The van der Waals surface area contributed by atoms with Crippen LogP contribution in [0.15, 0.2) is 42.5 Å². The minimum absolute atomic E-state index is 0.0701. The van der Waals surface area contributed by atoms with Crippen molar-refractivity contribution in [2.24, 2.45) is 0 Å². The number of amides is 1. The minimum atomic E-state index is -0.0701. The van der Waals surface area contributed by atoms with Crippen LogP contribution >= 0.6 is 27.5 Å². The second-order valence-corrected chi connectivity index (χ2v) is 5.04. The molecule has 5 heteroatoms. The highest BCUT2D eigenvalue weighted by atomic mass is 79.9. The number of ether oxygens (including phenoxy) is 1. The van der Waals surface area contributed by atoms with Gasteiger partial charge < -0.3 is 4.74 Å². The molecule has 1 aliphatic heterocycles. The van der Waals surface area contributed by atoms with E-state index in [0.29, 0.717) is 22.2 Å². The Morgan fingerprint density at radius 2 is 1.89 bits per heavy atom. The molecule has 96 valence electrons. The van der Waals surface area contributed by atoms with E-state index in [2.05, 4.69) is 15.9 Å². The summed E-state index contributed by atoms with van der Waals surface area (Å²) in [6.07, 6.45) is 0. The van der Waals surface area contributed by atoms with E-state index in [9.17, 15) is 4.79 Å². The average Bonchev–Trinajstić information content (AvgIpc) is 2.44. The van der Waals surface area contributed by atoms with Crippen molar-refractivity contribution in [2.45, 2.75) is 0 Å². The number of hydrogen-bond donors (Lipinski definition) is 0. The van der Waals surface area contributed by atoms with Crippen LogP contribution in [0.3, 0.4) is 0 Å². The molecule has 0 atom stereocenters. The van der Waals surface area contributed by atoms with Gasteiger partial charge >= 0.3 is 0 Å². The number of alkyl halides is 1. The van der Waals surface area contributed by atoms with Crippen LogP contribution in [-0.4, -0.2) is 11.2 Å². The van der Waals surface area contributed by atoms with Crippen LogP contribution < -0.4 is 9.64 Å². The third-order valence-electron chi connectivity index (χ3n) is 2.85. The molecule has 0 saturated heterocycles. The minimum Gasteiger partial charge on any atom is -0.453 e. The maximum atomic E-state index is 12.2. The molecule has 0 spiro atoms. The van der Waals surface area contributed by atoms with Crippen LogP contribution in [0.25, 0.3) is 0 Å². The lowest BCUT2D eigenvalue weighted by Crippen LogP contribution is -2.29. The van der Waals surface area contributed by atoms with E-state index < -0.39 is 0 Å². The molecular formula is C14H9BrClNO2. The molecular weight excluding hydrogens is 330 g/mol. The predicted octanol–water partition coefficient (Wildman–Crippen LogP) is 4.51. The molecule has 0 radical (unpaired) electrons. The van der Waals surface area contributed by atoms with E-state index in [1.165, 1.54) is 0 Å². The van der Waals surface area contributed by atoms with Gasteiger partial charge in [-0.15, -0.1) is 0 Å². The van der Waals surface area contributed by atoms with Crippen molar-refractivity contribution < 1.29 is 9.53 Å². The van der Waals surface area contributed by atoms with Gasteiger partial charge in [0.25, 0.3) is 0 Å². The SMILES string of the molecule is O=C(CBr)N1c2ccccc2Oc2ccc(Cl)cc21. The van der Waals surface area contributed by atoms with Gasteiger partial charge in [-0.1, -0.05) is 39.7 Å². The molecule has 0 saturated carbocycles. The Labute approximate surface area is 123 Å². The summed E-state index contributed by atoms with van der Waals surface area (Å²) >= 11 is 9.22. The maximum absolute atomic E-state index is 12.2. The van der Waals surface area contributed by atoms with E-state index in [1.54, 1.807) is 23.1 Å². The van der Waals surface area contributed by atoms with E-state index in [-0.39, 0.29) is 11.2 Å². The quantitative estimate of drug-likeness (QED) is 0.716. The van der Waals surface area contributed by atoms with E-state index in [1.807, 2.05) is 24.3 Å². The molecule has 1 aliphatic rings. The van der Waals surface area contributed by atoms with Gasteiger partial charge in [-0.05, 0) is 30.3 Å². The van der Waals surface area contributed by atoms with E-state index in [0.717, 1.165) is 5.69 Å². The first-order valence-electron chi connectivity index (χ1n) is 5.66.